The van der Waals surface area contributed by atoms with E-state index >= 15 is 0 Å². The smallest absolute Gasteiger partial charge is 0.387 e. The number of amides is 1. The number of ether oxygens (including phenoxy) is 1. The number of hydrogen-bond acceptors (Lipinski definition) is 4. The molecule has 0 radical (unpaired) electrons. The van der Waals surface area contributed by atoms with Crippen molar-refractivity contribution in [2.24, 2.45) is 0 Å². The van der Waals surface area contributed by atoms with Gasteiger partial charge in [0.1, 0.15) is 12.1 Å². The van der Waals surface area contributed by atoms with Crippen LogP contribution in [0.4, 0.5) is 14.5 Å². The van der Waals surface area contributed by atoms with Crippen LogP contribution in [-0.2, 0) is 0 Å². The average molecular weight is 358 g/mol. The van der Waals surface area contributed by atoms with Gasteiger partial charge >= 0.3 is 6.61 Å². The lowest BCUT2D eigenvalue weighted by Crippen LogP contribution is -2.15. The summed E-state index contributed by atoms with van der Waals surface area (Å²) >= 11 is 0. The summed E-state index contributed by atoms with van der Waals surface area (Å²) < 4.78 is 30.0. The molecule has 0 aliphatic rings. The Balaban J connectivity index is 1.74. The molecular weight excluding hydrogens is 342 g/mol. The van der Waals surface area contributed by atoms with E-state index in [2.05, 4.69) is 20.1 Å². The van der Waals surface area contributed by atoms with Crippen molar-refractivity contribution in [1.82, 2.24) is 14.8 Å². The van der Waals surface area contributed by atoms with Gasteiger partial charge in [-0.25, -0.2) is 9.67 Å². The lowest BCUT2D eigenvalue weighted by Gasteiger charge is -2.07. The molecule has 0 spiro atoms. The normalized spacial score (nSPS) is 10.8. The largest absolute Gasteiger partial charge is 0.435 e. The molecule has 0 saturated carbocycles. The SMILES string of the molecule is Cc1ccc(C)c(NC(=O)c2ncn(-c3ccc(OC(F)F)cc3)n2)c1. The highest BCUT2D eigenvalue weighted by atomic mass is 19.3. The molecule has 6 nitrogen and oxygen atoms in total. The Morgan fingerprint density at radius 3 is 2.58 bits per heavy atom. The zero-order chi connectivity index (χ0) is 18.7. The number of rotatable bonds is 5. The third-order valence-corrected chi connectivity index (χ3v) is 3.66. The minimum atomic E-state index is -2.88. The van der Waals surface area contributed by atoms with E-state index in [9.17, 15) is 13.6 Å². The molecule has 0 fully saturated rings. The van der Waals surface area contributed by atoms with E-state index in [0.29, 0.717) is 11.4 Å². The van der Waals surface area contributed by atoms with Gasteiger partial charge in [0.05, 0.1) is 5.69 Å². The van der Waals surface area contributed by atoms with Gasteiger partial charge in [0.2, 0.25) is 5.82 Å². The van der Waals surface area contributed by atoms with Crippen LogP contribution in [-0.4, -0.2) is 27.3 Å². The Hall–Kier alpha value is -3.29. The van der Waals surface area contributed by atoms with Gasteiger partial charge in [-0.15, -0.1) is 5.10 Å². The number of alkyl halides is 2. The van der Waals surface area contributed by atoms with Crippen molar-refractivity contribution in [3.63, 3.8) is 0 Å². The molecular formula is C18H16F2N4O2. The van der Waals surface area contributed by atoms with E-state index in [1.54, 1.807) is 12.1 Å². The molecule has 3 rings (SSSR count). The van der Waals surface area contributed by atoms with Crippen LogP contribution in [0.5, 0.6) is 5.75 Å². The van der Waals surface area contributed by atoms with Gasteiger partial charge in [0, 0.05) is 5.69 Å². The van der Waals surface area contributed by atoms with E-state index in [4.69, 9.17) is 0 Å². The highest BCUT2D eigenvalue weighted by molar-refractivity contribution is 6.01. The van der Waals surface area contributed by atoms with Crippen LogP contribution in [0.1, 0.15) is 21.7 Å². The molecule has 1 heterocycles. The lowest BCUT2D eigenvalue weighted by molar-refractivity contribution is -0.0498. The summed E-state index contributed by atoms with van der Waals surface area (Å²) in [5.74, 6) is -0.398. The van der Waals surface area contributed by atoms with Gasteiger partial charge in [-0.05, 0) is 55.3 Å². The van der Waals surface area contributed by atoms with Gasteiger partial charge in [0.25, 0.3) is 5.91 Å². The van der Waals surface area contributed by atoms with E-state index in [0.717, 1.165) is 11.1 Å². The molecule has 1 N–H and O–H groups in total. The van der Waals surface area contributed by atoms with Crippen LogP contribution in [0, 0.1) is 13.8 Å². The van der Waals surface area contributed by atoms with Gasteiger partial charge < -0.3 is 10.1 Å². The number of hydrogen-bond donors (Lipinski definition) is 1. The quantitative estimate of drug-likeness (QED) is 0.754. The molecule has 1 aromatic heterocycles. The number of carbonyl (C=O) groups is 1. The van der Waals surface area contributed by atoms with Gasteiger partial charge in [-0.1, -0.05) is 12.1 Å². The fourth-order valence-corrected chi connectivity index (χ4v) is 2.32. The average Bonchev–Trinajstić information content (AvgIpc) is 3.08. The van der Waals surface area contributed by atoms with Crippen LogP contribution < -0.4 is 10.1 Å². The topological polar surface area (TPSA) is 69.0 Å². The molecule has 0 saturated heterocycles. The molecule has 134 valence electrons. The number of aromatic nitrogens is 3. The Bertz CT molecular complexity index is 923. The third kappa shape index (κ3) is 4.02. The Labute approximate surface area is 148 Å². The van der Waals surface area contributed by atoms with Gasteiger partial charge in [-0.3, -0.25) is 4.79 Å². The fraction of sp³-hybridized carbons (Fsp3) is 0.167. The minimum absolute atomic E-state index is 0.00110. The molecule has 3 aromatic rings. The van der Waals surface area contributed by atoms with E-state index in [-0.39, 0.29) is 11.6 Å². The van der Waals surface area contributed by atoms with Crippen LogP contribution in [0.15, 0.2) is 48.8 Å². The summed E-state index contributed by atoms with van der Waals surface area (Å²) in [6, 6.07) is 11.6. The van der Waals surface area contributed by atoms with Crippen LogP contribution >= 0.6 is 0 Å². The molecule has 0 unspecified atom stereocenters. The molecule has 0 bridgehead atoms. The monoisotopic (exact) mass is 358 g/mol. The van der Waals surface area contributed by atoms with Crippen molar-refractivity contribution >= 4 is 11.6 Å². The first-order valence-corrected chi connectivity index (χ1v) is 7.78. The zero-order valence-electron chi connectivity index (χ0n) is 14.1. The molecule has 0 aliphatic carbocycles. The van der Waals surface area contributed by atoms with Crippen molar-refractivity contribution < 1.29 is 18.3 Å². The minimum Gasteiger partial charge on any atom is -0.435 e. The number of nitrogens with one attached hydrogen (secondary N) is 1. The first-order chi connectivity index (χ1) is 12.4. The van der Waals surface area contributed by atoms with Gasteiger partial charge in [-0.2, -0.15) is 8.78 Å². The zero-order valence-corrected chi connectivity index (χ0v) is 14.1. The summed E-state index contributed by atoms with van der Waals surface area (Å²) in [5.41, 5.74) is 3.21. The Morgan fingerprint density at radius 2 is 1.88 bits per heavy atom. The molecule has 2 aromatic carbocycles. The second-order valence-electron chi connectivity index (χ2n) is 5.66. The van der Waals surface area contributed by atoms with Gasteiger partial charge in [0.15, 0.2) is 0 Å². The summed E-state index contributed by atoms with van der Waals surface area (Å²) in [6.07, 6.45) is 1.38. The van der Waals surface area contributed by atoms with Crippen molar-refractivity contribution in [3.8, 4) is 11.4 Å². The standard InChI is InChI=1S/C18H16F2N4O2/c1-11-3-4-12(2)15(9-11)22-17(25)16-21-10-24(23-16)13-5-7-14(8-6-13)26-18(19)20/h3-10,18H,1-2H3,(H,22,25). The first kappa shape index (κ1) is 17.5. The van der Waals surface area contributed by atoms with Crippen molar-refractivity contribution in [3.05, 3.63) is 65.7 Å². The second-order valence-corrected chi connectivity index (χ2v) is 5.66. The molecule has 1 amide bonds. The van der Waals surface area contributed by atoms with Crippen LogP contribution in [0.3, 0.4) is 0 Å². The lowest BCUT2D eigenvalue weighted by atomic mass is 10.1. The summed E-state index contributed by atoms with van der Waals surface area (Å²) in [7, 11) is 0. The number of carbonyl (C=O) groups excluding carboxylic acids is 1. The highest BCUT2D eigenvalue weighted by Crippen LogP contribution is 2.18. The summed E-state index contributed by atoms with van der Waals surface area (Å²) in [6.45, 7) is 0.945. The number of benzene rings is 2. The van der Waals surface area contributed by atoms with Crippen molar-refractivity contribution in [1.29, 1.82) is 0 Å². The van der Waals surface area contributed by atoms with Crippen LogP contribution in [0.25, 0.3) is 5.69 Å². The first-order valence-electron chi connectivity index (χ1n) is 7.78. The molecule has 0 aliphatic heterocycles. The molecule has 0 atom stereocenters. The van der Waals surface area contributed by atoms with Crippen molar-refractivity contribution in [2.75, 3.05) is 5.32 Å². The second kappa shape index (κ2) is 7.30. The highest BCUT2D eigenvalue weighted by Gasteiger charge is 2.14. The van der Waals surface area contributed by atoms with E-state index in [1.807, 2.05) is 32.0 Å². The van der Waals surface area contributed by atoms with E-state index in [1.165, 1.54) is 23.1 Å². The molecule has 26 heavy (non-hydrogen) atoms. The van der Waals surface area contributed by atoms with E-state index < -0.39 is 12.5 Å². The number of aryl methyl sites for hydroxylation is 2. The maximum Gasteiger partial charge on any atom is 0.387 e. The fourth-order valence-electron chi connectivity index (χ4n) is 2.32. The number of nitrogens with zero attached hydrogens (tertiary/aromatic N) is 3. The number of halogens is 2. The maximum absolute atomic E-state index is 12.3. The third-order valence-electron chi connectivity index (χ3n) is 3.66. The van der Waals surface area contributed by atoms with Crippen molar-refractivity contribution in [2.45, 2.75) is 20.5 Å². The summed E-state index contributed by atoms with van der Waals surface area (Å²) in [5, 5.41) is 6.91. The molecule has 8 heteroatoms. The summed E-state index contributed by atoms with van der Waals surface area (Å²) in [4.78, 5) is 16.3. The number of anilines is 1. The van der Waals surface area contributed by atoms with Crippen LogP contribution in [0.2, 0.25) is 0 Å². The Morgan fingerprint density at radius 1 is 1.15 bits per heavy atom. The maximum atomic E-state index is 12.3. The predicted molar refractivity (Wildman–Crippen MR) is 91.9 cm³/mol. The predicted octanol–water partition coefficient (Wildman–Crippen LogP) is 3.74. The Kier molecular flexibility index (Phi) is 4.92.